The minimum Gasteiger partial charge on any atom is -0.309 e. The Labute approximate surface area is 252 Å². The third-order valence-corrected chi connectivity index (χ3v) is 8.19. The molecule has 7 rings (SSSR count). The summed E-state index contributed by atoms with van der Waals surface area (Å²) in [7, 11) is 0. The van der Waals surface area contributed by atoms with Crippen molar-refractivity contribution in [1.29, 1.82) is 5.26 Å². The summed E-state index contributed by atoms with van der Waals surface area (Å²) >= 11 is 0. The van der Waals surface area contributed by atoms with Crippen molar-refractivity contribution in [2.75, 3.05) is 0 Å². The molecule has 2 aromatic heterocycles. The van der Waals surface area contributed by atoms with Gasteiger partial charge in [0.05, 0.1) is 34.0 Å². The number of hydrogen-bond acceptors (Lipinski definition) is 2. The van der Waals surface area contributed by atoms with Gasteiger partial charge >= 0.3 is 0 Å². The zero-order chi connectivity index (χ0) is 29.7. The van der Waals surface area contributed by atoms with Crippen LogP contribution in [0.15, 0.2) is 115 Å². The van der Waals surface area contributed by atoms with Crippen LogP contribution in [0.1, 0.15) is 27.8 Å². The molecule has 0 saturated carbocycles. The molecule has 43 heavy (non-hydrogen) atoms. The van der Waals surface area contributed by atoms with E-state index in [0.717, 1.165) is 28.0 Å². The van der Waals surface area contributed by atoms with Crippen LogP contribution in [0.3, 0.4) is 0 Å². The lowest BCUT2D eigenvalue weighted by Crippen LogP contribution is -1.98. The Balaban J connectivity index is 1.53. The third kappa shape index (κ3) is 4.78. The summed E-state index contributed by atoms with van der Waals surface area (Å²) in [6.07, 6.45) is 1.71. The fourth-order valence-electron chi connectivity index (χ4n) is 6.46. The third-order valence-electron chi connectivity index (χ3n) is 8.19. The maximum absolute atomic E-state index is 9.57. The number of benzene rings is 5. The molecule has 0 atom stereocenters. The van der Waals surface area contributed by atoms with Gasteiger partial charge in [0.25, 0.3) is 0 Å². The van der Waals surface area contributed by atoms with Crippen LogP contribution < -0.4 is 0 Å². The van der Waals surface area contributed by atoms with E-state index >= 15 is 0 Å². The number of aryl methyl sites for hydroxylation is 4. The Morgan fingerprint density at radius 2 is 1.09 bits per heavy atom. The highest BCUT2D eigenvalue weighted by molar-refractivity contribution is 6.12. The van der Waals surface area contributed by atoms with Crippen molar-refractivity contribution in [3.8, 4) is 45.3 Å². The minimum absolute atomic E-state index is 0.596. The maximum Gasteiger partial charge on any atom is 0.0992 e. The highest BCUT2D eigenvalue weighted by Crippen LogP contribution is 2.39. The van der Waals surface area contributed by atoms with Crippen LogP contribution in [0.4, 0.5) is 0 Å². The van der Waals surface area contributed by atoms with Gasteiger partial charge in [0.1, 0.15) is 0 Å². The highest BCUT2D eigenvalue weighted by Gasteiger charge is 2.18. The summed E-state index contributed by atoms with van der Waals surface area (Å²) in [6, 6.07) is 41.3. The van der Waals surface area contributed by atoms with Crippen LogP contribution in [0, 0.1) is 39.0 Å². The molecule has 0 aliphatic rings. The minimum atomic E-state index is 0.596. The molecule has 0 unspecified atom stereocenters. The summed E-state index contributed by atoms with van der Waals surface area (Å²) < 4.78 is 2.34. The van der Waals surface area contributed by atoms with Gasteiger partial charge in [-0.2, -0.15) is 5.26 Å². The van der Waals surface area contributed by atoms with Crippen LogP contribution in [0.5, 0.6) is 0 Å². The molecule has 0 saturated heterocycles. The maximum atomic E-state index is 9.57. The standard InChI is InChI=1S/C40H31N3/c1-25-15-26(2)18-32(17-25)30-9-11-39-35(22-30)36-23-31(33-19-27(3)16-28(4)20-33)10-12-40(36)43(39)38-8-6-5-7-34(38)37-21-29(24-41)13-14-42-37/h5-23H,1-4H3. The van der Waals surface area contributed by atoms with Gasteiger partial charge in [0.15, 0.2) is 0 Å². The van der Waals surface area contributed by atoms with Crippen LogP contribution in [0.25, 0.3) is 61.0 Å². The molecule has 0 aliphatic heterocycles. The molecule has 0 radical (unpaired) electrons. The van der Waals surface area contributed by atoms with E-state index in [9.17, 15) is 5.26 Å². The van der Waals surface area contributed by atoms with Crippen molar-refractivity contribution in [2.24, 2.45) is 0 Å². The predicted octanol–water partition coefficient (Wildman–Crippen LogP) is 10.3. The number of rotatable bonds is 4. The zero-order valence-electron chi connectivity index (χ0n) is 24.8. The van der Waals surface area contributed by atoms with Crippen molar-refractivity contribution < 1.29 is 0 Å². The molecule has 3 heteroatoms. The van der Waals surface area contributed by atoms with Crippen molar-refractivity contribution in [3.05, 3.63) is 143 Å². The first-order valence-electron chi connectivity index (χ1n) is 14.6. The molecular weight excluding hydrogens is 522 g/mol. The highest BCUT2D eigenvalue weighted by atomic mass is 15.0. The van der Waals surface area contributed by atoms with E-state index in [1.165, 1.54) is 55.3 Å². The zero-order valence-corrected chi connectivity index (χ0v) is 24.8. The molecule has 0 spiro atoms. The fourth-order valence-corrected chi connectivity index (χ4v) is 6.46. The van der Waals surface area contributed by atoms with E-state index in [0.29, 0.717) is 5.56 Å². The van der Waals surface area contributed by atoms with E-state index in [1.807, 2.05) is 12.1 Å². The van der Waals surface area contributed by atoms with Crippen molar-refractivity contribution >= 4 is 21.8 Å². The first-order chi connectivity index (χ1) is 20.9. The van der Waals surface area contributed by atoms with E-state index in [4.69, 9.17) is 0 Å². The van der Waals surface area contributed by atoms with Gasteiger partial charge in [-0.15, -0.1) is 0 Å². The molecule has 5 aromatic carbocycles. The van der Waals surface area contributed by atoms with Gasteiger partial charge < -0.3 is 4.57 Å². The molecule has 206 valence electrons. The molecular formula is C40H31N3. The molecule has 7 aromatic rings. The van der Waals surface area contributed by atoms with Crippen molar-refractivity contribution in [3.63, 3.8) is 0 Å². The summed E-state index contributed by atoms with van der Waals surface area (Å²) in [5, 5.41) is 12.0. The number of fused-ring (bicyclic) bond motifs is 3. The lowest BCUT2D eigenvalue weighted by Gasteiger charge is -2.14. The normalized spacial score (nSPS) is 11.2. The van der Waals surface area contributed by atoms with Gasteiger partial charge in [-0.3, -0.25) is 4.98 Å². The molecule has 0 fully saturated rings. The predicted molar refractivity (Wildman–Crippen MR) is 179 cm³/mol. The Morgan fingerprint density at radius 1 is 0.558 bits per heavy atom. The monoisotopic (exact) mass is 553 g/mol. The summed E-state index contributed by atoms with van der Waals surface area (Å²) in [5.74, 6) is 0. The lowest BCUT2D eigenvalue weighted by molar-refractivity contribution is 1.17. The van der Waals surface area contributed by atoms with Crippen molar-refractivity contribution in [2.45, 2.75) is 27.7 Å². The second-order valence-corrected chi connectivity index (χ2v) is 11.6. The van der Waals surface area contributed by atoms with Crippen LogP contribution >= 0.6 is 0 Å². The fraction of sp³-hybridized carbons (Fsp3) is 0.100. The van der Waals surface area contributed by atoms with E-state index < -0.39 is 0 Å². The average Bonchev–Trinajstić information content (AvgIpc) is 3.33. The molecule has 0 bridgehead atoms. The SMILES string of the molecule is Cc1cc(C)cc(-c2ccc3c(c2)c2cc(-c4cc(C)cc(C)c4)ccc2n3-c2ccccc2-c2cc(C#N)ccn2)c1. The molecule has 0 N–H and O–H groups in total. The Morgan fingerprint density at radius 3 is 1.63 bits per heavy atom. The summed E-state index contributed by atoms with van der Waals surface area (Å²) in [6.45, 7) is 8.62. The summed E-state index contributed by atoms with van der Waals surface area (Å²) in [4.78, 5) is 4.66. The number of aromatic nitrogens is 2. The van der Waals surface area contributed by atoms with Gasteiger partial charge in [-0.25, -0.2) is 0 Å². The smallest absolute Gasteiger partial charge is 0.0992 e. The van der Waals surface area contributed by atoms with Crippen LogP contribution in [0.2, 0.25) is 0 Å². The molecule has 3 nitrogen and oxygen atoms in total. The lowest BCUT2D eigenvalue weighted by atomic mass is 9.97. The summed E-state index contributed by atoms with van der Waals surface area (Å²) in [5.41, 5.74) is 15.5. The number of para-hydroxylation sites is 1. The Hall–Kier alpha value is -5.46. The first kappa shape index (κ1) is 26.4. The average molecular weight is 554 g/mol. The van der Waals surface area contributed by atoms with Gasteiger partial charge in [-0.1, -0.05) is 89.0 Å². The number of nitrogens with zero attached hydrogens (tertiary/aromatic N) is 3. The number of hydrogen-bond donors (Lipinski definition) is 0. The first-order valence-corrected chi connectivity index (χ1v) is 14.6. The van der Waals surface area contributed by atoms with E-state index in [-0.39, 0.29) is 0 Å². The van der Waals surface area contributed by atoms with Crippen molar-refractivity contribution in [1.82, 2.24) is 9.55 Å². The largest absolute Gasteiger partial charge is 0.309 e. The second-order valence-electron chi connectivity index (χ2n) is 11.6. The Kier molecular flexibility index (Phi) is 6.41. The number of nitriles is 1. The van der Waals surface area contributed by atoms with Crippen LogP contribution in [-0.4, -0.2) is 9.55 Å². The van der Waals surface area contributed by atoms with E-state index in [1.54, 1.807) is 12.3 Å². The van der Waals surface area contributed by atoms with E-state index in [2.05, 4.69) is 134 Å². The topological polar surface area (TPSA) is 41.6 Å². The van der Waals surface area contributed by atoms with Gasteiger partial charge in [0.2, 0.25) is 0 Å². The quantitative estimate of drug-likeness (QED) is 0.218. The second kappa shape index (κ2) is 10.4. The molecule has 2 heterocycles. The Bertz CT molecular complexity index is 2090. The van der Waals surface area contributed by atoms with Gasteiger partial charge in [0, 0.05) is 22.5 Å². The van der Waals surface area contributed by atoms with Gasteiger partial charge in [-0.05, 0) is 92.4 Å². The number of pyridine rings is 1. The molecule has 0 aliphatic carbocycles. The molecule has 0 amide bonds. The van der Waals surface area contributed by atoms with Crippen LogP contribution in [-0.2, 0) is 0 Å².